The zero-order valence-electron chi connectivity index (χ0n) is 23.4. The van der Waals surface area contributed by atoms with Crippen molar-refractivity contribution < 1.29 is 19.1 Å². The Labute approximate surface area is 232 Å². The maximum absolute atomic E-state index is 12.0. The molecule has 0 aromatic heterocycles. The van der Waals surface area contributed by atoms with Crippen LogP contribution in [0.4, 0.5) is 5.69 Å². The summed E-state index contributed by atoms with van der Waals surface area (Å²) in [5.74, 6) is 2.47. The molecule has 39 heavy (non-hydrogen) atoms. The van der Waals surface area contributed by atoms with Crippen molar-refractivity contribution >= 4 is 18.3 Å². The molecule has 0 bridgehead atoms. The SMILES string of the molecule is Cc1cc(C=O)c(Oc2cc(N(C3CCCCC3)C3CCCCC3)ccc2C)cc1OC1=C(C=O)C=CCC1. The molecule has 0 spiro atoms. The Morgan fingerprint density at radius 1 is 0.744 bits per heavy atom. The van der Waals surface area contributed by atoms with Gasteiger partial charge in [0.25, 0.3) is 0 Å². The second-order valence-electron chi connectivity index (χ2n) is 11.4. The molecule has 0 radical (unpaired) electrons. The van der Waals surface area contributed by atoms with Crippen LogP contribution < -0.4 is 14.4 Å². The van der Waals surface area contributed by atoms with Crippen molar-refractivity contribution in [1.29, 1.82) is 0 Å². The highest BCUT2D eigenvalue weighted by molar-refractivity contribution is 5.81. The maximum Gasteiger partial charge on any atom is 0.153 e. The first kappa shape index (κ1) is 27.2. The van der Waals surface area contributed by atoms with E-state index in [1.54, 1.807) is 18.2 Å². The summed E-state index contributed by atoms with van der Waals surface area (Å²) in [6.45, 7) is 3.95. The average Bonchev–Trinajstić information content (AvgIpc) is 2.97. The van der Waals surface area contributed by atoms with E-state index in [-0.39, 0.29) is 0 Å². The minimum Gasteiger partial charge on any atom is -0.461 e. The van der Waals surface area contributed by atoms with E-state index in [1.807, 2.05) is 19.9 Å². The zero-order chi connectivity index (χ0) is 27.2. The molecule has 0 amide bonds. The molecule has 5 rings (SSSR count). The largest absolute Gasteiger partial charge is 0.461 e. The van der Waals surface area contributed by atoms with Gasteiger partial charge in [-0.25, -0.2) is 0 Å². The Balaban J connectivity index is 1.47. The van der Waals surface area contributed by atoms with Gasteiger partial charge in [-0.3, -0.25) is 9.59 Å². The summed E-state index contributed by atoms with van der Waals surface area (Å²) in [5.41, 5.74) is 4.10. The molecule has 0 unspecified atom stereocenters. The minimum absolute atomic E-state index is 0.465. The van der Waals surface area contributed by atoms with E-state index in [0.29, 0.717) is 46.9 Å². The molecule has 3 aliphatic carbocycles. The molecular weight excluding hydrogens is 486 g/mol. The maximum atomic E-state index is 12.0. The predicted octanol–water partition coefficient (Wildman–Crippen LogP) is 8.56. The summed E-state index contributed by atoms with van der Waals surface area (Å²) in [5, 5.41) is 0. The highest BCUT2D eigenvalue weighted by Gasteiger charge is 2.29. The first-order valence-electron chi connectivity index (χ1n) is 14.8. The Kier molecular flexibility index (Phi) is 8.85. The molecule has 5 nitrogen and oxygen atoms in total. The van der Waals surface area contributed by atoms with Crippen molar-refractivity contribution in [3.63, 3.8) is 0 Å². The second-order valence-corrected chi connectivity index (χ2v) is 11.4. The summed E-state index contributed by atoms with van der Waals surface area (Å²) in [4.78, 5) is 26.3. The first-order valence-corrected chi connectivity index (χ1v) is 14.8. The van der Waals surface area contributed by atoms with E-state index in [1.165, 1.54) is 69.9 Å². The van der Waals surface area contributed by atoms with Gasteiger partial charge in [0.05, 0.1) is 11.1 Å². The minimum atomic E-state index is 0.465. The fourth-order valence-electron chi connectivity index (χ4n) is 6.41. The van der Waals surface area contributed by atoms with Crippen molar-refractivity contribution in [2.24, 2.45) is 0 Å². The van der Waals surface area contributed by atoms with Gasteiger partial charge in [-0.15, -0.1) is 0 Å². The molecular formula is C34H41NO4. The smallest absolute Gasteiger partial charge is 0.153 e. The number of hydrogen-bond donors (Lipinski definition) is 0. The molecule has 2 fully saturated rings. The Bertz CT molecular complexity index is 1230. The van der Waals surface area contributed by atoms with Gasteiger partial charge in [0.1, 0.15) is 23.0 Å². The van der Waals surface area contributed by atoms with Gasteiger partial charge < -0.3 is 14.4 Å². The number of benzene rings is 2. The van der Waals surface area contributed by atoms with E-state index in [0.717, 1.165) is 35.9 Å². The molecule has 0 aliphatic heterocycles. The summed E-state index contributed by atoms with van der Waals surface area (Å²) < 4.78 is 12.7. The van der Waals surface area contributed by atoms with Crippen LogP contribution in [0, 0.1) is 13.8 Å². The highest BCUT2D eigenvalue weighted by Crippen LogP contribution is 2.39. The lowest BCUT2D eigenvalue weighted by Crippen LogP contribution is -2.45. The Morgan fingerprint density at radius 3 is 2.05 bits per heavy atom. The van der Waals surface area contributed by atoms with Gasteiger partial charge in [-0.05, 0) is 69.2 Å². The van der Waals surface area contributed by atoms with Crippen LogP contribution in [0.1, 0.15) is 98.5 Å². The quantitative estimate of drug-likeness (QED) is 0.306. The molecule has 2 aromatic carbocycles. The summed E-state index contributed by atoms with van der Waals surface area (Å²) in [7, 11) is 0. The lowest BCUT2D eigenvalue weighted by molar-refractivity contribution is -0.104. The fraction of sp³-hybridized carbons (Fsp3) is 0.471. The van der Waals surface area contributed by atoms with Gasteiger partial charge in [-0.1, -0.05) is 56.7 Å². The first-order chi connectivity index (χ1) is 19.1. The third kappa shape index (κ3) is 6.29. The van der Waals surface area contributed by atoms with Crippen LogP contribution in [0.15, 0.2) is 53.8 Å². The van der Waals surface area contributed by atoms with Crippen molar-refractivity contribution in [1.82, 2.24) is 0 Å². The zero-order valence-corrected chi connectivity index (χ0v) is 23.4. The summed E-state index contributed by atoms with van der Waals surface area (Å²) >= 11 is 0. The van der Waals surface area contributed by atoms with Crippen LogP contribution in [-0.2, 0) is 4.79 Å². The molecule has 0 atom stereocenters. The lowest BCUT2D eigenvalue weighted by Gasteiger charge is -2.43. The normalized spacial score (nSPS) is 18.6. The second kappa shape index (κ2) is 12.7. The van der Waals surface area contributed by atoms with Crippen LogP contribution in [0.2, 0.25) is 0 Å². The third-order valence-corrected chi connectivity index (χ3v) is 8.58. The topological polar surface area (TPSA) is 55.8 Å². The van der Waals surface area contributed by atoms with Gasteiger partial charge in [0.15, 0.2) is 12.6 Å². The molecule has 2 aromatic rings. The van der Waals surface area contributed by atoms with Crippen LogP contribution in [0.3, 0.4) is 0 Å². The molecule has 5 heteroatoms. The lowest BCUT2D eigenvalue weighted by atomic mass is 9.88. The van der Waals surface area contributed by atoms with Crippen LogP contribution in [0.25, 0.3) is 0 Å². The number of carbonyl (C=O) groups excluding carboxylic acids is 2. The molecule has 0 saturated heterocycles. The number of aldehydes is 2. The number of nitrogens with zero attached hydrogens (tertiary/aromatic N) is 1. The van der Waals surface area contributed by atoms with Gasteiger partial charge in [0, 0.05) is 36.3 Å². The average molecular weight is 528 g/mol. The standard InChI is InChI=1S/C34H41NO4/c1-24-17-18-30(35(28-12-5-3-6-13-28)29-14-7-4-8-15-29)20-32(24)39-34-21-33(25(2)19-27(34)23-37)38-31-16-10-9-11-26(31)22-36/h9,11,17-23,28-29H,3-8,10,12-16H2,1-2H3. The van der Waals surface area contributed by atoms with E-state index in [9.17, 15) is 9.59 Å². The van der Waals surface area contributed by atoms with E-state index < -0.39 is 0 Å². The monoisotopic (exact) mass is 527 g/mol. The van der Waals surface area contributed by atoms with Crippen LogP contribution in [-0.4, -0.2) is 24.7 Å². The molecule has 2 saturated carbocycles. The third-order valence-electron chi connectivity index (χ3n) is 8.58. The highest BCUT2D eigenvalue weighted by atomic mass is 16.5. The van der Waals surface area contributed by atoms with E-state index in [2.05, 4.69) is 23.1 Å². The molecule has 206 valence electrons. The molecule has 3 aliphatic rings. The fourth-order valence-corrected chi connectivity index (χ4v) is 6.41. The van der Waals surface area contributed by atoms with E-state index >= 15 is 0 Å². The Hall–Kier alpha value is -3.34. The van der Waals surface area contributed by atoms with Crippen molar-refractivity contribution in [2.75, 3.05) is 4.90 Å². The molecule has 0 N–H and O–H groups in total. The van der Waals surface area contributed by atoms with E-state index in [4.69, 9.17) is 9.47 Å². The van der Waals surface area contributed by atoms with Gasteiger partial charge in [-0.2, -0.15) is 0 Å². The predicted molar refractivity (Wildman–Crippen MR) is 156 cm³/mol. The van der Waals surface area contributed by atoms with Gasteiger partial charge >= 0.3 is 0 Å². The van der Waals surface area contributed by atoms with Gasteiger partial charge in [0.2, 0.25) is 0 Å². The Morgan fingerprint density at radius 2 is 1.41 bits per heavy atom. The number of hydrogen-bond acceptors (Lipinski definition) is 5. The number of rotatable bonds is 9. The number of anilines is 1. The number of carbonyl (C=O) groups is 2. The number of ether oxygens (including phenoxy) is 2. The van der Waals surface area contributed by atoms with Crippen LogP contribution in [0.5, 0.6) is 17.2 Å². The van der Waals surface area contributed by atoms with Crippen molar-refractivity contribution in [3.05, 3.63) is 70.5 Å². The van der Waals surface area contributed by atoms with Crippen molar-refractivity contribution in [3.8, 4) is 17.2 Å². The number of aryl methyl sites for hydroxylation is 2. The van der Waals surface area contributed by atoms with Crippen LogP contribution >= 0.6 is 0 Å². The summed E-state index contributed by atoms with van der Waals surface area (Å²) in [6.07, 6.45) is 19.8. The number of allylic oxidation sites excluding steroid dienone is 4. The molecule has 0 heterocycles. The summed E-state index contributed by atoms with van der Waals surface area (Å²) in [6, 6.07) is 11.3. The van der Waals surface area contributed by atoms with Crippen molar-refractivity contribution in [2.45, 2.75) is 103 Å².